The summed E-state index contributed by atoms with van der Waals surface area (Å²) in [6.45, 7) is 7.20. The Hall–Kier alpha value is -1.91. The fraction of sp³-hybridized carbons (Fsp3) is 0.545. The second kappa shape index (κ2) is 8.91. The first-order valence-corrected chi connectivity index (χ1v) is 12.1. The van der Waals surface area contributed by atoms with Gasteiger partial charge in [-0.2, -0.15) is 17.0 Å². The number of methoxy groups -OCH3 is 1. The van der Waals surface area contributed by atoms with Crippen LogP contribution in [-0.2, 0) is 21.5 Å². The first-order valence-electron chi connectivity index (χ1n) is 10.7. The van der Waals surface area contributed by atoms with Crippen molar-refractivity contribution in [3.8, 4) is 11.5 Å². The van der Waals surface area contributed by atoms with Gasteiger partial charge in [-0.05, 0) is 42.8 Å². The fourth-order valence-corrected chi connectivity index (χ4v) is 6.21. The van der Waals surface area contributed by atoms with E-state index in [0.717, 1.165) is 22.1 Å². The molecule has 4 rings (SSSR count). The number of phenolic OH excluding ortho intramolecular Hbond substituents is 1. The smallest absolute Gasteiger partial charge is 0.282 e. The molecule has 2 aliphatic heterocycles. The van der Waals surface area contributed by atoms with Gasteiger partial charge < -0.3 is 14.6 Å². The molecule has 0 radical (unpaired) electrons. The lowest BCUT2D eigenvalue weighted by Gasteiger charge is -2.40. The Balaban J connectivity index is 1.46. The van der Waals surface area contributed by atoms with Crippen LogP contribution in [0.5, 0.6) is 11.5 Å². The highest BCUT2D eigenvalue weighted by Crippen LogP contribution is 2.31. The molecule has 0 bridgehead atoms. The molecule has 2 aliphatic rings. The topological polar surface area (TPSA) is 82.6 Å². The number of nitrogens with zero attached hydrogens (tertiary/aromatic N) is 3. The minimum absolute atomic E-state index is 0.105. The monoisotopic (exact) mass is 449 g/mol. The van der Waals surface area contributed by atoms with E-state index in [0.29, 0.717) is 45.8 Å². The number of benzene rings is 2. The van der Waals surface area contributed by atoms with Gasteiger partial charge in [-0.15, -0.1) is 0 Å². The minimum atomic E-state index is -3.50. The van der Waals surface area contributed by atoms with E-state index in [9.17, 15) is 13.5 Å². The molecule has 8 nitrogen and oxygen atoms in total. The van der Waals surface area contributed by atoms with Crippen molar-refractivity contribution in [2.24, 2.45) is 0 Å². The fourth-order valence-electron chi connectivity index (χ4n) is 4.47. The van der Waals surface area contributed by atoms with Crippen LogP contribution in [0.15, 0.2) is 30.3 Å². The lowest BCUT2D eigenvalue weighted by Crippen LogP contribution is -2.57. The van der Waals surface area contributed by atoms with Crippen molar-refractivity contribution in [2.45, 2.75) is 32.6 Å². The van der Waals surface area contributed by atoms with Crippen LogP contribution in [0.2, 0.25) is 0 Å². The first kappa shape index (κ1) is 22.3. The van der Waals surface area contributed by atoms with E-state index in [1.165, 1.54) is 0 Å². The van der Waals surface area contributed by atoms with Crippen LogP contribution in [-0.4, -0.2) is 85.6 Å². The predicted octanol–water partition coefficient (Wildman–Crippen LogP) is 2.03. The number of rotatable bonds is 5. The summed E-state index contributed by atoms with van der Waals surface area (Å²) in [4.78, 5) is 2.19. The number of hydrogen-bond donors (Lipinski definition) is 1. The lowest BCUT2D eigenvalue weighted by molar-refractivity contribution is -0.0457. The van der Waals surface area contributed by atoms with Crippen molar-refractivity contribution in [2.75, 3.05) is 46.4 Å². The van der Waals surface area contributed by atoms with Crippen LogP contribution in [0.25, 0.3) is 10.8 Å². The molecule has 0 amide bonds. The van der Waals surface area contributed by atoms with Gasteiger partial charge >= 0.3 is 0 Å². The number of hydrogen-bond acceptors (Lipinski definition) is 6. The van der Waals surface area contributed by atoms with Gasteiger partial charge in [-0.1, -0.05) is 12.1 Å². The molecule has 0 spiro atoms. The first-order chi connectivity index (χ1) is 14.8. The molecule has 0 aliphatic carbocycles. The maximum Gasteiger partial charge on any atom is 0.282 e. The summed E-state index contributed by atoms with van der Waals surface area (Å²) in [5, 5.41) is 12.5. The van der Waals surface area contributed by atoms with E-state index in [-0.39, 0.29) is 18.0 Å². The van der Waals surface area contributed by atoms with Gasteiger partial charge in [0.1, 0.15) is 11.5 Å². The predicted molar refractivity (Wildman–Crippen MR) is 120 cm³/mol. The van der Waals surface area contributed by atoms with Gasteiger partial charge in [-0.25, -0.2) is 0 Å². The largest absolute Gasteiger partial charge is 0.508 e. The van der Waals surface area contributed by atoms with E-state index in [2.05, 4.69) is 4.90 Å². The number of aromatic hydroxyl groups is 1. The zero-order valence-corrected chi connectivity index (χ0v) is 19.1. The van der Waals surface area contributed by atoms with Crippen molar-refractivity contribution in [3.05, 3.63) is 35.9 Å². The van der Waals surface area contributed by atoms with E-state index in [1.54, 1.807) is 21.8 Å². The third-order valence-corrected chi connectivity index (χ3v) is 8.04. The summed E-state index contributed by atoms with van der Waals surface area (Å²) >= 11 is 0. The third-order valence-electron chi connectivity index (χ3n) is 6.07. The van der Waals surface area contributed by atoms with Gasteiger partial charge in [-0.3, -0.25) is 4.90 Å². The molecule has 0 saturated carbocycles. The van der Waals surface area contributed by atoms with Gasteiger partial charge in [0.15, 0.2) is 0 Å². The van der Waals surface area contributed by atoms with Crippen LogP contribution >= 0.6 is 0 Å². The normalized spacial score (nSPS) is 24.5. The summed E-state index contributed by atoms with van der Waals surface area (Å²) in [6, 6.07) is 9.42. The quantitative estimate of drug-likeness (QED) is 0.752. The number of ether oxygens (including phenoxy) is 2. The molecule has 170 valence electrons. The summed E-state index contributed by atoms with van der Waals surface area (Å²) < 4.78 is 40.4. The van der Waals surface area contributed by atoms with Crippen molar-refractivity contribution in [1.82, 2.24) is 13.5 Å². The highest BCUT2D eigenvalue weighted by Gasteiger charge is 2.36. The van der Waals surface area contributed by atoms with Gasteiger partial charge in [0.05, 0.1) is 19.3 Å². The second-order valence-corrected chi connectivity index (χ2v) is 10.3. The average molecular weight is 450 g/mol. The van der Waals surface area contributed by atoms with Crippen LogP contribution in [0.4, 0.5) is 0 Å². The van der Waals surface area contributed by atoms with Crippen LogP contribution in [0.1, 0.15) is 19.4 Å². The Labute approximate surface area is 184 Å². The van der Waals surface area contributed by atoms with Gasteiger partial charge in [0.25, 0.3) is 10.2 Å². The van der Waals surface area contributed by atoms with Gasteiger partial charge in [0.2, 0.25) is 0 Å². The van der Waals surface area contributed by atoms with Crippen molar-refractivity contribution in [3.63, 3.8) is 0 Å². The second-order valence-electron chi connectivity index (χ2n) is 8.41. The number of phenols is 1. The highest BCUT2D eigenvalue weighted by atomic mass is 32.2. The molecule has 2 fully saturated rings. The zero-order valence-electron chi connectivity index (χ0n) is 18.3. The number of morpholine rings is 1. The molecule has 0 aromatic heterocycles. The molecule has 2 saturated heterocycles. The molecule has 31 heavy (non-hydrogen) atoms. The molecule has 2 aromatic rings. The Morgan fingerprint density at radius 2 is 1.68 bits per heavy atom. The van der Waals surface area contributed by atoms with Crippen molar-refractivity contribution >= 4 is 21.0 Å². The van der Waals surface area contributed by atoms with Crippen molar-refractivity contribution < 1.29 is 23.0 Å². The molecule has 9 heteroatoms. The summed E-state index contributed by atoms with van der Waals surface area (Å²) in [5.74, 6) is 0.983. The Morgan fingerprint density at radius 1 is 1.03 bits per heavy atom. The minimum Gasteiger partial charge on any atom is -0.508 e. The van der Waals surface area contributed by atoms with E-state index < -0.39 is 10.2 Å². The highest BCUT2D eigenvalue weighted by molar-refractivity contribution is 7.86. The SMILES string of the molecule is COc1ccc2ccc(O)c(CN3CCN(S(=O)(=O)N4C[C@@H](C)O[C@@H](C)C4)CC3)c2c1. The maximum absolute atomic E-state index is 13.1. The average Bonchev–Trinajstić information content (AvgIpc) is 2.75. The van der Waals surface area contributed by atoms with E-state index in [1.807, 2.05) is 38.1 Å². The lowest BCUT2D eigenvalue weighted by atomic mass is 10.0. The summed E-state index contributed by atoms with van der Waals surface area (Å²) in [6.07, 6.45) is -0.211. The Morgan fingerprint density at radius 3 is 2.32 bits per heavy atom. The molecular weight excluding hydrogens is 418 g/mol. The molecule has 2 aromatic carbocycles. The zero-order chi connectivity index (χ0) is 22.2. The van der Waals surface area contributed by atoms with E-state index >= 15 is 0 Å². The number of piperazine rings is 1. The summed E-state index contributed by atoms with van der Waals surface area (Å²) in [5.41, 5.74) is 0.837. The van der Waals surface area contributed by atoms with E-state index in [4.69, 9.17) is 9.47 Å². The molecule has 1 N–H and O–H groups in total. The Kier molecular flexibility index (Phi) is 6.41. The summed E-state index contributed by atoms with van der Waals surface area (Å²) in [7, 11) is -1.88. The molecular formula is C22H31N3O5S. The molecule has 2 atom stereocenters. The van der Waals surface area contributed by atoms with Crippen molar-refractivity contribution in [1.29, 1.82) is 0 Å². The van der Waals surface area contributed by atoms with Crippen LogP contribution < -0.4 is 4.74 Å². The standard InChI is InChI=1S/C22H31N3O5S/c1-16-13-25(14-17(2)30-16)31(27,28)24-10-8-23(9-11-24)15-21-20-12-19(29-3)6-4-18(20)5-7-22(21)26/h4-7,12,16-17,26H,8-11,13-15H2,1-3H3/t16-,17+. The van der Waals surface area contributed by atoms with Crippen LogP contribution in [0, 0.1) is 0 Å². The molecule has 0 unspecified atom stereocenters. The third kappa shape index (κ3) is 4.65. The maximum atomic E-state index is 13.1. The Bertz CT molecular complexity index is 1030. The van der Waals surface area contributed by atoms with Crippen LogP contribution in [0.3, 0.4) is 0 Å². The molecule has 2 heterocycles. The van der Waals surface area contributed by atoms with Gasteiger partial charge in [0, 0.05) is 51.4 Å². The number of fused-ring (bicyclic) bond motifs is 1.